The van der Waals surface area contributed by atoms with Crippen molar-refractivity contribution in [2.45, 2.75) is 13.8 Å². The molecule has 2 N–H and O–H groups in total. The van der Waals surface area contributed by atoms with Crippen molar-refractivity contribution >= 4 is 15.9 Å². The van der Waals surface area contributed by atoms with Crippen LogP contribution in [-0.2, 0) is 0 Å². The molecule has 0 saturated heterocycles. The second kappa shape index (κ2) is 6.89. The van der Waals surface area contributed by atoms with Gasteiger partial charge in [-0.15, -0.1) is 0 Å². The standard InChI is InChI=1S/C12H18BrNO2/c1-9-8-12(10(2)7-11(9)13)16-6-4-14-3-5-15/h7-8,14-15H,3-6H2,1-2H3. The van der Waals surface area contributed by atoms with Crippen molar-refractivity contribution in [3.63, 3.8) is 0 Å². The number of ether oxygens (including phenoxy) is 1. The van der Waals surface area contributed by atoms with Gasteiger partial charge in [-0.3, -0.25) is 0 Å². The Hall–Kier alpha value is -0.580. The lowest BCUT2D eigenvalue weighted by atomic mass is 10.1. The molecule has 0 saturated carbocycles. The van der Waals surface area contributed by atoms with Gasteiger partial charge >= 0.3 is 0 Å². The number of halogens is 1. The molecule has 3 nitrogen and oxygen atoms in total. The third-order valence-corrected chi connectivity index (χ3v) is 3.14. The molecule has 0 aliphatic rings. The summed E-state index contributed by atoms with van der Waals surface area (Å²) in [5, 5.41) is 11.7. The summed E-state index contributed by atoms with van der Waals surface area (Å²) in [4.78, 5) is 0. The summed E-state index contributed by atoms with van der Waals surface area (Å²) in [6.45, 7) is 6.20. The Morgan fingerprint density at radius 3 is 2.69 bits per heavy atom. The molecule has 90 valence electrons. The molecule has 0 aliphatic heterocycles. The van der Waals surface area contributed by atoms with Crippen LogP contribution in [0.25, 0.3) is 0 Å². The highest BCUT2D eigenvalue weighted by atomic mass is 79.9. The van der Waals surface area contributed by atoms with Gasteiger partial charge in [0.25, 0.3) is 0 Å². The largest absolute Gasteiger partial charge is 0.492 e. The first-order chi connectivity index (χ1) is 7.65. The third kappa shape index (κ3) is 4.12. The van der Waals surface area contributed by atoms with Gasteiger partial charge in [-0.2, -0.15) is 0 Å². The average Bonchev–Trinajstić information content (AvgIpc) is 2.25. The van der Waals surface area contributed by atoms with Crippen LogP contribution in [0, 0.1) is 13.8 Å². The van der Waals surface area contributed by atoms with Gasteiger partial charge in [0.05, 0.1) is 6.61 Å². The number of hydrogen-bond acceptors (Lipinski definition) is 3. The van der Waals surface area contributed by atoms with Gasteiger partial charge in [0.2, 0.25) is 0 Å². The van der Waals surface area contributed by atoms with Gasteiger partial charge in [-0.1, -0.05) is 15.9 Å². The van der Waals surface area contributed by atoms with E-state index >= 15 is 0 Å². The van der Waals surface area contributed by atoms with E-state index in [0.29, 0.717) is 13.2 Å². The van der Waals surface area contributed by atoms with Gasteiger partial charge in [-0.25, -0.2) is 0 Å². The molecule has 0 radical (unpaired) electrons. The Balaban J connectivity index is 2.45. The number of aliphatic hydroxyl groups is 1. The average molecular weight is 288 g/mol. The first-order valence-electron chi connectivity index (χ1n) is 5.36. The molecule has 4 heteroatoms. The van der Waals surface area contributed by atoms with Crippen LogP contribution in [-0.4, -0.2) is 31.4 Å². The molecule has 0 aromatic heterocycles. The molecular formula is C12H18BrNO2. The Bertz CT molecular complexity index is 342. The minimum absolute atomic E-state index is 0.163. The minimum Gasteiger partial charge on any atom is -0.492 e. The second-order valence-electron chi connectivity index (χ2n) is 3.69. The molecule has 0 amide bonds. The molecule has 0 atom stereocenters. The van der Waals surface area contributed by atoms with Crippen molar-refractivity contribution in [3.8, 4) is 5.75 Å². The predicted octanol–water partition coefficient (Wildman–Crippen LogP) is 2.03. The summed E-state index contributed by atoms with van der Waals surface area (Å²) in [5.74, 6) is 0.923. The van der Waals surface area contributed by atoms with E-state index < -0.39 is 0 Å². The van der Waals surface area contributed by atoms with Crippen LogP contribution in [0.15, 0.2) is 16.6 Å². The van der Waals surface area contributed by atoms with Gasteiger partial charge in [0, 0.05) is 17.6 Å². The number of nitrogens with one attached hydrogen (secondary N) is 1. The van der Waals surface area contributed by atoms with Crippen molar-refractivity contribution < 1.29 is 9.84 Å². The van der Waals surface area contributed by atoms with Crippen LogP contribution in [0.1, 0.15) is 11.1 Å². The molecule has 0 spiro atoms. The summed E-state index contributed by atoms with van der Waals surface area (Å²) in [7, 11) is 0. The van der Waals surface area contributed by atoms with Crippen LogP contribution in [0.5, 0.6) is 5.75 Å². The summed E-state index contributed by atoms with van der Waals surface area (Å²) in [6.07, 6.45) is 0. The quantitative estimate of drug-likeness (QED) is 0.787. The maximum Gasteiger partial charge on any atom is 0.122 e. The molecule has 0 bridgehead atoms. The molecule has 16 heavy (non-hydrogen) atoms. The zero-order valence-corrected chi connectivity index (χ0v) is 11.3. The fourth-order valence-electron chi connectivity index (χ4n) is 1.35. The SMILES string of the molecule is Cc1cc(OCCNCCO)c(C)cc1Br. The lowest BCUT2D eigenvalue weighted by molar-refractivity contribution is 0.275. The normalized spacial score (nSPS) is 10.5. The molecule has 0 fully saturated rings. The lowest BCUT2D eigenvalue weighted by Crippen LogP contribution is -2.24. The maximum atomic E-state index is 8.59. The first-order valence-corrected chi connectivity index (χ1v) is 6.15. The predicted molar refractivity (Wildman–Crippen MR) is 69.1 cm³/mol. The van der Waals surface area contributed by atoms with E-state index in [2.05, 4.69) is 27.3 Å². The van der Waals surface area contributed by atoms with Gasteiger partial charge in [0.15, 0.2) is 0 Å². The van der Waals surface area contributed by atoms with Gasteiger partial charge < -0.3 is 15.2 Å². The summed E-state index contributed by atoms with van der Waals surface area (Å²) in [6, 6.07) is 4.09. The highest BCUT2D eigenvalue weighted by molar-refractivity contribution is 9.10. The Morgan fingerprint density at radius 1 is 1.25 bits per heavy atom. The Labute approximate surface area is 105 Å². The van der Waals surface area contributed by atoms with Crippen molar-refractivity contribution in [3.05, 3.63) is 27.7 Å². The zero-order valence-electron chi connectivity index (χ0n) is 9.72. The highest BCUT2D eigenvalue weighted by Gasteiger charge is 2.03. The van der Waals surface area contributed by atoms with Crippen LogP contribution in [0.4, 0.5) is 0 Å². The molecular weight excluding hydrogens is 270 g/mol. The number of aliphatic hydroxyl groups excluding tert-OH is 1. The third-order valence-electron chi connectivity index (χ3n) is 2.28. The van der Waals surface area contributed by atoms with Crippen LogP contribution in [0.2, 0.25) is 0 Å². The second-order valence-corrected chi connectivity index (χ2v) is 4.54. The van der Waals surface area contributed by atoms with E-state index in [0.717, 1.165) is 22.3 Å². The zero-order chi connectivity index (χ0) is 12.0. The van der Waals surface area contributed by atoms with E-state index in [-0.39, 0.29) is 6.61 Å². The minimum atomic E-state index is 0.163. The topological polar surface area (TPSA) is 41.5 Å². The molecule has 0 heterocycles. The number of hydrogen-bond donors (Lipinski definition) is 2. The van der Waals surface area contributed by atoms with E-state index in [9.17, 15) is 0 Å². The monoisotopic (exact) mass is 287 g/mol. The van der Waals surface area contributed by atoms with Crippen molar-refractivity contribution in [1.82, 2.24) is 5.32 Å². The Morgan fingerprint density at radius 2 is 2.00 bits per heavy atom. The highest BCUT2D eigenvalue weighted by Crippen LogP contribution is 2.26. The summed E-state index contributed by atoms with van der Waals surface area (Å²) < 4.78 is 6.76. The van der Waals surface area contributed by atoms with Crippen LogP contribution < -0.4 is 10.1 Å². The smallest absolute Gasteiger partial charge is 0.122 e. The van der Waals surface area contributed by atoms with E-state index in [1.54, 1.807) is 0 Å². The number of benzene rings is 1. The fourth-order valence-corrected chi connectivity index (χ4v) is 1.81. The molecule has 1 aromatic carbocycles. The molecule has 1 aromatic rings. The lowest BCUT2D eigenvalue weighted by Gasteiger charge is -2.11. The van der Waals surface area contributed by atoms with Gasteiger partial charge in [-0.05, 0) is 37.1 Å². The molecule has 1 rings (SSSR count). The van der Waals surface area contributed by atoms with Crippen LogP contribution in [0.3, 0.4) is 0 Å². The summed E-state index contributed by atoms with van der Waals surface area (Å²) in [5.41, 5.74) is 2.29. The molecule has 0 aliphatic carbocycles. The maximum absolute atomic E-state index is 8.59. The van der Waals surface area contributed by atoms with E-state index in [1.165, 1.54) is 5.56 Å². The van der Waals surface area contributed by atoms with E-state index in [4.69, 9.17) is 9.84 Å². The van der Waals surface area contributed by atoms with Crippen molar-refractivity contribution in [2.24, 2.45) is 0 Å². The number of aryl methyl sites for hydroxylation is 2. The fraction of sp³-hybridized carbons (Fsp3) is 0.500. The van der Waals surface area contributed by atoms with Gasteiger partial charge in [0.1, 0.15) is 12.4 Å². The molecule has 0 unspecified atom stereocenters. The van der Waals surface area contributed by atoms with Crippen LogP contribution >= 0.6 is 15.9 Å². The Kier molecular flexibility index (Phi) is 5.80. The summed E-state index contributed by atoms with van der Waals surface area (Å²) >= 11 is 3.49. The first kappa shape index (κ1) is 13.5. The van der Waals surface area contributed by atoms with E-state index in [1.807, 2.05) is 19.9 Å². The van der Waals surface area contributed by atoms with Crippen molar-refractivity contribution in [1.29, 1.82) is 0 Å². The number of rotatable bonds is 6. The van der Waals surface area contributed by atoms with Crippen molar-refractivity contribution in [2.75, 3.05) is 26.3 Å².